The number of carbonyl (C=O) groups is 1. The van der Waals surface area contributed by atoms with Gasteiger partial charge in [0.25, 0.3) is 5.91 Å². The zero-order chi connectivity index (χ0) is 15.8. The highest BCUT2D eigenvalue weighted by Crippen LogP contribution is 2.42. The highest BCUT2D eigenvalue weighted by atomic mass is 16.5. The zero-order valence-corrected chi connectivity index (χ0v) is 13.1. The van der Waals surface area contributed by atoms with Gasteiger partial charge in [0, 0.05) is 24.2 Å². The third-order valence-corrected chi connectivity index (χ3v) is 4.79. The molecule has 23 heavy (non-hydrogen) atoms. The summed E-state index contributed by atoms with van der Waals surface area (Å²) >= 11 is 0. The van der Waals surface area contributed by atoms with Gasteiger partial charge in [0.2, 0.25) is 0 Å². The molecule has 0 radical (unpaired) electrons. The van der Waals surface area contributed by atoms with Crippen molar-refractivity contribution < 1.29 is 9.53 Å². The number of aryl methyl sites for hydroxylation is 1. The second kappa shape index (κ2) is 5.65. The van der Waals surface area contributed by atoms with Crippen LogP contribution in [0.15, 0.2) is 36.8 Å². The molecule has 2 bridgehead atoms. The molecule has 2 aliphatic heterocycles. The molecule has 1 aromatic heterocycles. The van der Waals surface area contributed by atoms with Crippen molar-refractivity contribution in [2.24, 2.45) is 0 Å². The van der Waals surface area contributed by atoms with E-state index in [9.17, 15) is 4.79 Å². The predicted octanol–water partition coefficient (Wildman–Crippen LogP) is 2.45. The Kier molecular flexibility index (Phi) is 3.48. The first-order valence-electron chi connectivity index (χ1n) is 8.02. The number of aromatic nitrogens is 2. The first-order chi connectivity index (χ1) is 11.2. The van der Waals surface area contributed by atoms with E-state index in [1.54, 1.807) is 6.33 Å². The van der Waals surface area contributed by atoms with Crippen LogP contribution in [0.3, 0.4) is 0 Å². The summed E-state index contributed by atoms with van der Waals surface area (Å²) in [6.45, 7) is 2.11. The van der Waals surface area contributed by atoms with E-state index in [-0.39, 0.29) is 24.6 Å². The highest BCUT2D eigenvalue weighted by Gasteiger charge is 2.43. The molecule has 3 heterocycles. The van der Waals surface area contributed by atoms with Crippen molar-refractivity contribution in [3.63, 3.8) is 0 Å². The Labute approximate surface area is 135 Å². The third-order valence-electron chi connectivity index (χ3n) is 4.79. The molecule has 0 N–H and O–H groups in total. The molecule has 118 valence electrons. The van der Waals surface area contributed by atoms with E-state index in [0.717, 1.165) is 36.3 Å². The summed E-state index contributed by atoms with van der Waals surface area (Å²) < 4.78 is 5.67. The van der Waals surface area contributed by atoms with Crippen molar-refractivity contribution in [1.82, 2.24) is 14.9 Å². The molecule has 1 amide bonds. The quantitative estimate of drug-likeness (QED) is 0.874. The van der Waals surface area contributed by atoms with Crippen LogP contribution in [0.2, 0.25) is 0 Å². The second-order valence-electron chi connectivity index (χ2n) is 6.28. The molecule has 4 rings (SSSR count). The molecular weight excluding hydrogens is 290 g/mol. The summed E-state index contributed by atoms with van der Waals surface area (Å²) in [7, 11) is 0. The van der Waals surface area contributed by atoms with Gasteiger partial charge in [-0.2, -0.15) is 0 Å². The molecule has 0 saturated carbocycles. The fraction of sp³-hybridized carbons (Fsp3) is 0.389. The first-order valence-corrected chi connectivity index (χ1v) is 8.02. The largest absolute Gasteiger partial charge is 0.484 e. The number of amides is 1. The summed E-state index contributed by atoms with van der Waals surface area (Å²) in [6, 6.07) is 8.12. The first kappa shape index (κ1) is 14.2. The molecule has 0 spiro atoms. The lowest BCUT2D eigenvalue weighted by atomic mass is 9.99. The number of rotatable bonds is 3. The number of hydrogen-bond acceptors (Lipinski definition) is 4. The SMILES string of the molecule is Cc1ccc(OCC(=O)N2C3CCC2c2cncnc2C3)cc1. The van der Waals surface area contributed by atoms with Crippen LogP contribution >= 0.6 is 0 Å². The third kappa shape index (κ3) is 2.56. The fourth-order valence-electron chi connectivity index (χ4n) is 3.66. The second-order valence-corrected chi connectivity index (χ2v) is 6.28. The molecule has 2 aliphatic rings. The highest BCUT2D eigenvalue weighted by molar-refractivity contribution is 5.79. The van der Waals surface area contributed by atoms with Crippen molar-refractivity contribution in [1.29, 1.82) is 0 Å². The van der Waals surface area contributed by atoms with Crippen LogP contribution in [0.4, 0.5) is 0 Å². The summed E-state index contributed by atoms with van der Waals surface area (Å²) in [4.78, 5) is 23.2. The summed E-state index contributed by atoms with van der Waals surface area (Å²) in [5, 5.41) is 0. The van der Waals surface area contributed by atoms with Gasteiger partial charge < -0.3 is 9.64 Å². The number of fused-ring (bicyclic) bond motifs is 4. The van der Waals surface area contributed by atoms with E-state index in [4.69, 9.17) is 4.74 Å². The molecule has 5 heteroatoms. The summed E-state index contributed by atoms with van der Waals surface area (Å²) in [5.41, 5.74) is 3.37. The van der Waals surface area contributed by atoms with E-state index in [0.29, 0.717) is 0 Å². The lowest BCUT2D eigenvalue weighted by Crippen LogP contribution is -2.44. The van der Waals surface area contributed by atoms with Crippen molar-refractivity contribution in [2.75, 3.05) is 6.61 Å². The average Bonchev–Trinajstić information content (AvgIpc) is 2.89. The van der Waals surface area contributed by atoms with Crippen LogP contribution in [-0.2, 0) is 11.2 Å². The predicted molar refractivity (Wildman–Crippen MR) is 85.0 cm³/mol. The normalized spacial score (nSPS) is 21.9. The molecule has 1 aromatic carbocycles. The number of ether oxygens (including phenoxy) is 1. The van der Waals surface area contributed by atoms with Gasteiger partial charge in [-0.25, -0.2) is 9.97 Å². The van der Waals surface area contributed by atoms with Gasteiger partial charge in [0.1, 0.15) is 12.1 Å². The summed E-state index contributed by atoms with van der Waals surface area (Å²) in [5.74, 6) is 0.782. The minimum atomic E-state index is 0.0487. The number of nitrogens with zero attached hydrogens (tertiary/aromatic N) is 3. The fourth-order valence-corrected chi connectivity index (χ4v) is 3.66. The Hall–Kier alpha value is -2.43. The van der Waals surface area contributed by atoms with Crippen molar-refractivity contribution in [2.45, 2.75) is 38.3 Å². The van der Waals surface area contributed by atoms with Crippen LogP contribution in [0.1, 0.15) is 35.7 Å². The lowest BCUT2D eigenvalue weighted by molar-refractivity contribution is -0.137. The van der Waals surface area contributed by atoms with Gasteiger partial charge in [-0.15, -0.1) is 0 Å². The van der Waals surface area contributed by atoms with Crippen molar-refractivity contribution >= 4 is 5.91 Å². The number of carbonyl (C=O) groups excluding carboxylic acids is 1. The van der Waals surface area contributed by atoms with Crippen molar-refractivity contribution in [3.8, 4) is 5.75 Å². The topological polar surface area (TPSA) is 55.3 Å². The van der Waals surface area contributed by atoms with Crippen LogP contribution in [0.5, 0.6) is 5.75 Å². The van der Waals surface area contributed by atoms with Gasteiger partial charge in [-0.3, -0.25) is 4.79 Å². The van der Waals surface area contributed by atoms with E-state index in [1.807, 2.05) is 42.3 Å². The van der Waals surface area contributed by atoms with Crippen LogP contribution in [0.25, 0.3) is 0 Å². The molecule has 2 unspecified atom stereocenters. The number of benzene rings is 1. The minimum Gasteiger partial charge on any atom is -0.484 e. The monoisotopic (exact) mass is 309 g/mol. The Bertz CT molecular complexity index is 729. The number of hydrogen-bond donors (Lipinski definition) is 0. The van der Waals surface area contributed by atoms with E-state index >= 15 is 0 Å². The van der Waals surface area contributed by atoms with Crippen LogP contribution in [0, 0.1) is 6.92 Å². The molecule has 5 nitrogen and oxygen atoms in total. The lowest BCUT2D eigenvalue weighted by Gasteiger charge is -2.35. The van der Waals surface area contributed by atoms with E-state index < -0.39 is 0 Å². The standard InChI is InChI=1S/C18H19N3O2/c1-12-2-5-14(6-3-12)23-10-18(22)21-13-4-7-17(21)15-9-19-11-20-16(15)8-13/h2-3,5-6,9,11,13,17H,4,7-8,10H2,1H3. The van der Waals surface area contributed by atoms with Gasteiger partial charge >= 0.3 is 0 Å². The average molecular weight is 309 g/mol. The molecule has 2 atom stereocenters. The molecular formula is C18H19N3O2. The molecule has 1 fully saturated rings. The maximum absolute atomic E-state index is 12.7. The summed E-state index contributed by atoms with van der Waals surface area (Å²) in [6.07, 6.45) is 6.29. The van der Waals surface area contributed by atoms with Gasteiger partial charge in [0.05, 0.1) is 11.7 Å². The smallest absolute Gasteiger partial charge is 0.261 e. The van der Waals surface area contributed by atoms with Gasteiger partial charge in [-0.05, 0) is 31.9 Å². The Morgan fingerprint density at radius 3 is 2.96 bits per heavy atom. The van der Waals surface area contributed by atoms with Gasteiger partial charge in [-0.1, -0.05) is 17.7 Å². The minimum absolute atomic E-state index is 0.0487. The van der Waals surface area contributed by atoms with Crippen molar-refractivity contribution in [3.05, 3.63) is 53.6 Å². The van der Waals surface area contributed by atoms with Gasteiger partial charge in [0.15, 0.2) is 6.61 Å². The van der Waals surface area contributed by atoms with E-state index in [1.165, 1.54) is 5.56 Å². The maximum atomic E-state index is 12.7. The maximum Gasteiger partial charge on any atom is 0.261 e. The Morgan fingerprint density at radius 2 is 2.13 bits per heavy atom. The van der Waals surface area contributed by atoms with Crippen LogP contribution < -0.4 is 4.74 Å². The Morgan fingerprint density at radius 1 is 1.30 bits per heavy atom. The molecule has 0 aliphatic carbocycles. The molecule has 1 saturated heterocycles. The molecule has 2 aromatic rings. The zero-order valence-electron chi connectivity index (χ0n) is 13.1. The van der Waals surface area contributed by atoms with Crippen LogP contribution in [-0.4, -0.2) is 33.4 Å². The Balaban J connectivity index is 1.48. The van der Waals surface area contributed by atoms with E-state index in [2.05, 4.69) is 9.97 Å².